The molecule has 1 fully saturated rings. The van der Waals surface area contributed by atoms with E-state index in [2.05, 4.69) is 20.3 Å². The Labute approximate surface area is 177 Å². The molecule has 1 aliphatic rings. The Morgan fingerprint density at radius 1 is 1.19 bits per heavy atom. The number of nitrogens with zero attached hydrogens (tertiary/aromatic N) is 4. The van der Waals surface area contributed by atoms with Crippen molar-refractivity contribution in [2.45, 2.75) is 25.8 Å². The molecule has 0 aliphatic heterocycles. The monoisotopic (exact) mass is 417 g/mol. The van der Waals surface area contributed by atoms with Crippen LogP contribution >= 0.6 is 0 Å². The first-order valence-corrected chi connectivity index (χ1v) is 9.99. The number of ether oxygens (including phenoxy) is 1. The first-order valence-electron chi connectivity index (χ1n) is 9.99. The number of amides is 1. The molecule has 4 aromatic rings. The van der Waals surface area contributed by atoms with Crippen molar-refractivity contribution in [1.29, 1.82) is 0 Å². The Balaban J connectivity index is 1.62. The van der Waals surface area contributed by atoms with E-state index in [1.807, 2.05) is 25.1 Å². The maximum absolute atomic E-state index is 14.9. The second kappa shape index (κ2) is 7.46. The molecule has 0 bridgehead atoms. The van der Waals surface area contributed by atoms with Crippen molar-refractivity contribution in [3.63, 3.8) is 0 Å². The topological polar surface area (TPSA) is 81.9 Å². The van der Waals surface area contributed by atoms with Crippen LogP contribution in [0.5, 0.6) is 5.75 Å². The molecule has 1 saturated carbocycles. The summed E-state index contributed by atoms with van der Waals surface area (Å²) in [7, 11) is 1.42. The van der Waals surface area contributed by atoms with Crippen molar-refractivity contribution in [2.75, 3.05) is 7.11 Å². The number of benzene rings is 2. The van der Waals surface area contributed by atoms with Crippen LogP contribution in [0.4, 0.5) is 4.39 Å². The fourth-order valence-electron chi connectivity index (χ4n) is 3.57. The normalized spacial score (nSPS) is 13.4. The molecule has 0 spiro atoms. The molecule has 0 atom stereocenters. The molecule has 31 heavy (non-hydrogen) atoms. The molecule has 2 heterocycles. The van der Waals surface area contributed by atoms with Gasteiger partial charge in [0, 0.05) is 17.2 Å². The Kier molecular flexibility index (Phi) is 4.62. The van der Waals surface area contributed by atoms with Gasteiger partial charge in [-0.3, -0.25) is 9.36 Å². The summed E-state index contributed by atoms with van der Waals surface area (Å²) < 4.78 is 21.8. The third-order valence-corrected chi connectivity index (χ3v) is 5.42. The molecule has 1 aliphatic carbocycles. The van der Waals surface area contributed by atoms with Gasteiger partial charge in [-0.25, -0.2) is 19.3 Å². The van der Waals surface area contributed by atoms with Gasteiger partial charge in [-0.1, -0.05) is 12.1 Å². The number of methoxy groups -OCH3 is 1. The molecule has 2 aromatic heterocycles. The molecule has 0 unspecified atom stereocenters. The Morgan fingerprint density at radius 3 is 2.81 bits per heavy atom. The largest absolute Gasteiger partial charge is 0.494 e. The van der Waals surface area contributed by atoms with Crippen LogP contribution in [-0.2, 0) is 0 Å². The van der Waals surface area contributed by atoms with E-state index in [1.54, 1.807) is 29.1 Å². The van der Waals surface area contributed by atoms with Crippen molar-refractivity contribution in [3.05, 3.63) is 66.0 Å². The van der Waals surface area contributed by atoms with Crippen LogP contribution in [0.15, 0.2) is 49.1 Å². The summed E-state index contributed by atoms with van der Waals surface area (Å²) in [5.74, 6) is -0.467. The molecule has 0 radical (unpaired) electrons. The lowest BCUT2D eigenvalue weighted by Gasteiger charge is -2.11. The predicted octanol–water partition coefficient (Wildman–Crippen LogP) is 3.83. The fraction of sp³-hybridized carbons (Fsp3) is 0.217. The van der Waals surface area contributed by atoms with Crippen LogP contribution < -0.4 is 10.1 Å². The smallest absolute Gasteiger partial charge is 0.251 e. The number of carbonyl (C=O) groups excluding carboxylic acids is 1. The quantitative estimate of drug-likeness (QED) is 0.534. The number of imidazole rings is 1. The maximum Gasteiger partial charge on any atom is 0.251 e. The minimum Gasteiger partial charge on any atom is -0.494 e. The van der Waals surface area contributed by atoms with Gasteiger partial charge in [0.05, 0.1) is 12.8 Å². The molecule has 1 N–H and O–H groups in total. The minimum atomic E-state index is -0.505. The summed E-state index contributed by atoms with van der Waals surface area (Å²) >= 11 is 0. The van der Waals surface area contributed by atoms with E-state index in [-0.39, 0.29) is 23.3 Å². The van der Waals surface area contributed by atoms with E-state index in [4.69, 9.17) is 4.74 Å². The molecule has 156 valence electrons. The van der Waals surface area contributed by atoms with Gasteiger partial charge in [0.25, 0.3) is 5.91 Å². The molecule has 0 saturated heterocycles. The first kappa shape index (κ1) is 19.2. The predicted molar refractivity (Wildman–Crippen MR) is 114 cm³/mol. The minimum absolute atomic E-state index is 0.0954. The summed E-state index contributed by atoms with van der Waals surface area (Å²) in [6, 6.07) is 10.7. The second-order valence-electron chi connectivity index (χ2n) is 7.58. The van der Waals surface area contributed by atoms with Gasteiger partial charge in [0.2, 0.25) is 0 Å². The van der Waals surface area contributed by atoms with Crippen molar-refractivity contribution in [1.82, 2.24) is 24.8 Å². The number of aryl methyl sites for hydroxylation is 1. The Morgan fingerprint density at radius 2 is 2.03 bits per heavy atom. The third-order valence-electron chi connectivity index (χ3n) is 5.42. The fourth-order valence-corrected chi connectivity index (χ4v) is 3.57. The number of carbonyl (C=O) groups is 1. The lowest BCUT2D eigenvalue weighted by Crippen LogP contribution is -2.25. The van der Waals surface area contributed by atoms with Crippen LogP contribution in [0.3, 0.4) is 0 Å². The van der Waals surface area contributed by atoms with Crippen molar-refractivity contribution in [3.8, 4) is 22.7 Å². The average Bonchev–Trinajstić information content (AvgIpc) is 3.49. The van der Waals surface area contributed by atoms with Crippen molar-refractivity contribution >= 4 is 17.1 Å². The number of nitrogens with one attached hydrogen (secondary N) is 1. The van der Waals surface area contributed by atoms with Gasteiger partial charge >= 0.3 is 0 Å². The van der Waals surface area contributed by atoms with Crippen molar-refractivity contribution < 1.29 is 13.9 Å². The molecular formula is C23H20FN5O2. The molecule has 7 nitrogen and oxygen atoms in total. The van der Waals surface area contributed by atoms with E-state index in [1.165, 1.54) is 13.4 Å². The molecule has 2 aromatic carbocycles. The average molecular weight is 417 g/mol. The summed E-state index contributed by atoms with van der Waals surface area (Å²) in [5.41, 5.74) is 3.95. The summed E-state index contributed by atoms with van der Waals surface area (Å²) in [5, 5.41) is 3.00. The SMILES string of the molecule is COc1cccc(-c2ncnc3c2ncn3-c2cc(C(=O)NC3CC3)ccc2C)c1F. The Bertz CT molecular complexity index is 1310. The van der Waals surface area contributed by atoms with Crippen molar-refractivity contribution in [2.24, 2.45) is 0 Å². The van der Waals surface area contributed by atoms with Crippen LogP contribution in [0.25, 0.3) is 28.1 Å². The lowest BCUT2D eigenvalue weighted by molar-refractivity contribution is 0.0951. The Hall–Kier alpha value is -3.81. The standard InChI is InChI=1S/C23H20FN5O2/c1-13-6-7-14(23(30)28-15-8-9-15)10-17(13)29-12-27-21-20(25-11-26-22(21)29)16-4-3-5-18(31-2)19(16)24/h3-7,10-12,15H,8-9H2,1-2H3,(H,28,30). The number of hydrogen-bond acceptors (Lipinski definition) is 5. The van der Waals surface area contributed by atoms with Gasteiger partial charge in [-0.2, -0.15) is 0 Å². The van der Waals surface area contributed by atoms with E-state index in [9.17, 15) is 9.18 Å². The van der Waals surface area contributed by atoms with E-state index in [0.29, 0.717) is 22.4 Å². The van der Waals surface area contributed by atoms with Crippen LogP contribution in [0.1, 0.15) is 28.8 Å². The van der Waals surface area contributed by atoms with E-state index >= 15 is 0 Å². The number of fused-ring (bicyclic) bond motifs is 1. The highest BCUT2D eigenvalue weighted by Gasteiger charge is 2.24. The van der Waals surface area contributed by atoms with E-state index < -0.39 is 5.82 Å². The molecule has 8 heteroatoms. The van der Waals surface area contributed by atoms with Gasteiger partial charge in [0.15, 0.2) is 17.2 Å². The highest BCUT2D eigenvalue weighted by Crippen LogP contribution is 2.32. The highest BCUT2D eigenvalue weighted by atomic mass is 19.1. The lowest BCUT2D eigenvalue weighted by atomic mass is 10.1. The number of halogens is 1. The van der Waals surface area contributed by atoms with Crippen LogP contribution in [0, 0.1) is 12.7 Å². The van der Waals surface area contributed by atoms with E-state index in [0.717, 1.165) is 24.1 Å². The van der Waals surface area contributed by atoms with Gasteiger partial charge in [-0.15, -0.1) is 0 Å². The van der Waals surface area contributed by atoms with Gasteiger partial charge < -0.3 is 10.1 Å². The first-order chi connectivity index (χ1) is 15.1. The molecule has 5 rings (SSSR count). The molecular weight excluding hydrogens is 397 g/mol. The van der Waals surface area contributed by atoms with Gasteiger partial charge in [-0.05, 0) is 49.6 Å². The number of rotatable bonds is 5. The van der Waals surface area contributed by atoms with Gasteiger partial charge in [0.1, 0.15) is 23.9 Å². The number of hydrogen-bond donors (Lipinski definition) is 1. The number of aromatic nitrogens is 4. The highest BCUT2D eigenvalue weighted by molar-refractivity contribution is 5.95. The third kappa shape index (κ3) is 3.39. The zero-order chi connectivity index (χ0) is 21.5. The molecule has 1 amide bonds. The van der Waals surface area contributed by atoms with Crippen LogP contribution in [-0.4, -0.2) is 38.6 Å². The summed E-state index contributed by atoms with van der Waals surface area (Å²) in [4.78, 5) is 25.7. The second-order valence-corrected chi connectivity index (χ2v) is 7.58. The zero-order valence-electron chi connectivity index (χ0n) is 17.1. The summed E-state index contributed by atoms with van der Waals surface area (Å²) in [6.07, 6.45) is 5.05. The summed E-state index contributed by atoms with van der Waals surface area (Å²) in [6.45, 7) is 1.95. The zero-order valence-corrected chi connectivity index (χ0v) is 17.1. The van der Waals surface area contributed by atoms with Crippen LogP contribution in [0.2, 0.25) is 0 Å². The maximum atomic E-state index is 14.9.